The zero-order valence-corrected chi connectivity index (χ0v) is 12.2. The van der Waals surface area contributed by atoms with Crippen LogP contribution >= 0.6 is 15.9 Å². The Kier molecular flexibility index (Phi) is 3.84. The van der Waals surface area contributed by atoms with E-state index in [0.29, 0.717) is 6.04 Å². The highest BCUT2D eigenvalue weighted by atomic mass is 79.9. The number of rotatable bonds is 3. The maximum absolute atomic E-state index is 4.35. The van der Waals surface area contributed by atoms with E-state index in [1.807, 2.05) is 18.2 Å². The molecule has 0 unspecified atom stereocenters. The third kappa shape index (κ3) is 2.98. The largest absolute Gasteiger partial charge is 0.366 e. The van der Waals surface area contributed by atoms with E-state index in [4.69, 9.17) is 0 Å². The zero-order chi connectivity index (χ0) is 13.1. The van der Waals surface area contributed by atoms with Crippen LogP contribution in [-0.4, -0.2) is 29.3 Å². The van der Waals surface area contributed by atoms with Gasteiger partial charge in [0.25, 0.3) is 0 Å². The van der Waals surface area contributed by atoms with Crippen molar-refractivity contribution in [1.29, 1.82) is 0 Å². The number of aromatic nitrogens is 2. The molecular formula is C14H17BrN4. The average Bonchev–Trinajstić information content (AvgIpc) is 2.89. The van der Waals surface area contributed by atoms with Crippen molar-refractivity contribution in [2.75, 3.05) is 18.4 Å². The summed E-state index contributed by atoms with van der Waals surface area (Å²) in [6.07, 6.45) is 2.30. The van der Waals surface area contributed by atoms with Gasteiger partial charge < -0.3 is 10.6 Å². The van der Waals surface area contributed by atoms with Crippen molar-refractivity contribution in [3.63, 3.8) is 0 Å². The molecule has 1 aromatic heterocycles. The number of H-pyrrole nitrogens is 1. The van der Waals surface area contributed by atoms with Crippen LogP contribution in [-0.2, 0) is 0 Å². The van der Waals surface area contributed by atoms with Crippen molar-refractivity contribution in [2.45, 2.75) is 18.9 Å². The second-order valence-electron chi connectivity index (χ2n) is 4.82. The number of nitrogens with zero attached hydrogens (tertiary/aromatic N) is 1. The molecule has 0 saturated carbocycles. The quantitative estimate of drug-likeness (QED) is 0.814. The van der Waals surface area contributed by atoms with Gasteiger partial charge >= 0.3 is 0 Å². The van der Waals surface area contributed by atoms with Gasteiger partial charge in [-0.3, -0.25) is 5.10 Å². The Hall–Kier alpha value is -1.33. The minimum atomic E-state index is 0.525. The summed E-state index contributed by atoms with van der Waals surface area (Å²) in [5, 5.41) is 14.3. The molecule has 3 rings (SSSR count). The van der Waals surface area contributed by atoms with Crippen LogP contribution in [0.2, 0.25) is 0 Å². The maximum atomic E-state index is 4.35. The van der Waals surface area contributed by atoms with E-state index in [1.54, 1.807) is 0 Å². The number of aromatic amines is 1. The Morgan fingerprint density at radius 2 is 2.00 bits per heavy atom. The van der Waals surface area contributed by atoms with Gasteiger partial charge in [-0.25, -0.2) is 0 Å². The topological polar surface area (TPSA) is 52.7 Å². The summed E-state index contributed by atoms with van der Waals surface area (Å²) in [6.45, 7) is 2.17. The van der Waals surface area contributed by atoms with Crippen molar-refractivity contribution in [1.82, 2.24) is 15.5 Å². The maximum Gasteiger partial charge on any atom is 0.148 e. The SMILES string of the molecule is Brc1ccccc1-c1cc(NC2CCNCC2)n[nH]1. The van der Waals surface area contributed by atoms with E-state index >= 15 is 0 Å². The highest BCUT2D eigenvalue weighted by Crippen LogP contribution is 2.28. The van der Waals surface area contributed by atoms with E-state index < -0.39 is 0 Å². The van der Waals surface area contributed by atoms with Crippen LogP contribution in [0, 0.1) is 0 Å². The van der Waals surface area contributed by atoms with Crippen molar-refractivity contribution in [3.8, 4) is 11.3 Å². The van der Waals surface area contributed by atoms with Gasteiger partial charge in [0.15, 0.2) is 0 Å². The Morgan fingerprint density at radius 3 is 2.79 bits per heavy atom. The van der Waals surface area contributed by atoms with Crippen LogP contribution in [0.4, 0.5) is 5.82 Å². The number of hydrogen-bond donors (Lipinski definition) is 3. The lowest BCUT2D eigenvalue weighted by Crippen LogP contribution is -2.35. The standard InChI is InChI=1S/C14H17BrN4/c15-12-4-2-1-3-11(12)13-9-14(19-18-13)17-10-5-7-16-8-6-10/h1-4,9-10,16H,5-8H2,(H2,17,18,19). The van der Waals surface area contributed by atoms with Crippen molar-refractivity contribution in [3.05, 3.63) is 34.8 Å². The Labute approximate surface area is 121 Å². The smallest absolute Gasteiger partial charge is 0.148 e. The molecule has 19 heavy (non-hydrogen) atoms. The highest BCUT2D eigenvalue weighted by molar-refractivity contribution is 9.10. The molecule has 2 heterocycles. The lowest BCUT2D eigenvalue weighted by atomic mass is 10.1. The first-order valence-electron chi connectivity index (χ1n) is 6.60. The first-order chi connectivity index (χ1) is 9.33. The third-order valence-corrected chi connectivity index (χ3v) is 4.12. The van der Waals surface area contributed by atoms with E-state index in [9.17, 15) is 0 Å². The molecule has 3 N–H and O–H groups in total. The number of piperidine rings is 1. The first-order valence-corrected chi connectivity index (χ1v) is 7.40. The predicted octanol–water partition coefficient (Wildman–Crippen LogP) is 3.00. The van der Waals surface area contributed by atoms with Gasteiger partial charge in [-0.2, -0.15) is 5.10 Å². The molecule has 0 amide bonds. The highest BCUT2D eigenvalue weighted by Gasteiger charge is 2.14. The monoisotopic (exact) mass is 320 g/mol. The molecular weight excluding hydrogens is 304 g/mol. The molecule has 0 spiro atoms. The summed E-state index contributed by atoms with van der Waals surface area (Å²) in [5.41, 5.74) is 2.16. The molecule has 1 aromatic carbocycles. The number of hydrogen-bond acceptors (Lipinski definition) is 3. The number of anilines is 1. The first kappa shape index (κ1) is 12.7. The average molecular weight is 321 g/mol. The van der Waals surface area contributed by atoms with Crippen LogP contribution in [0.15, 0.2) is 34.8 Å². The van der Waals surface area contributed by atoms with E-state index in [2.05, 4.69) is 48.9 Å². The summed E-state index contributed by atoms with van der Waals surface area (Å²) < 4.78 is 1.08. The molecule has 100 valence electrons. The van der Waals surface area contributed by atoms with E-state index in [-0.39, 0.29) is 0 Å². The zero-order valence-electron chi connectivity index (χ0n) is 10.6. The number of nitrogens with one attached hydrogen (secondary N) is 3. The van der Waals surface area contributed by atoms with Crippen molar-refractivity contribution < 1.29 is 0 Å². The van der Waals surface area contributed by atoms with Gasteiger partial charge in [0, 0.05) is 22.1 Å². The Balaban J connectivity index is 1.74. The van der Waals surface area contributed by atoms with Gasteiger partial charge in [0.05, 0.1) is 5.69 Å². The summed E-state index contributed by atoms with van der Waals surface area (Å²) in [7, 11) is 0. The van der Waals surface area contributed by atoms with Gasteiger partial charge in [-0.1, -0.05) is 34.1 Å². The summed E-state index contributed by atoms with van der Waals surface area (Å²) in [6, 6.07) is 10.7. The van der Waals surface area contributed by atoms with E-state index in [0.717, 1.165) is 47.5 Å². The molecule has 1 saturated heterocycles. The Bertz CT molecular complexity index is 546. The minimum absolute atomic E-state index is 0.525. The second-order valence-corrected chi connectivity index (χ2v) is 5.67. The van der Waals surface area contributed by atoms with E-state index in [1.165, 1.54) is 0 Å². The molecule has 5 heteroatoms. The summed E-state index contributed by atoms with van der Waals surface area (Å²) in [4.78, 5) is 0. The van der Waals surface area contributed by atoms with Crippen LogP contribution in [0.5, 0.6) is 0 Å². The molecule has 0 aliphatic carbocycles. The lowest BCUT2D eigenvalue weighted by Gasteiger charge is -2.23. The molecule has 2 aromatic rings. The molecule has 0 bridgehead atoms. The molecule has 0 radical (unpaired) electrons. The number of halogens is 1. The molecule has 1 fully saturated rings. The van der Waals surface area contributed by atoms with Gasteiger partial charge in [0.1, 0.15) is 5.82 Å². The van der Waals surface area contributed by atoms with Crippen LogP contribution in [0.25, 0.3) is 11.3 Å². The normalized spacial score (nSPS) is 16.5. The van der Waals surface area contributed by atoms with Crippen molar-refractivity contribution in [2.24, 2.45) is 0 Å². The van der Waals surface area contributed by atoms with Crippen LogP contribution < -0.4 is 10.6 Å². The fourth-order valence-electron chi connectivity index (χ4n) is 2.39. The van der Waals surface area contributed by atoms with Gasteiger partial charge in [0.2, 0.25) is 0 Å². The van der Waals surface area contributed by atoms with Crippen LogP contribution in [0.3, 0.4) is 0 Å². The predicted molar refractivity (Wildman–Crippen MR) is 81.2 cm³/mol. The number of benzene rings is 1. The van der Waals surface area contributed by atoms with Gasteiger partial charge in [-0.05, 0) is 32.0 Å². The van der Waals surface area contributed by atoms with Gasteiger partial charge in [-0.15, -0.1) is 0 Å². The fraction of sp³-hybridized carbons (Fsp3) is 0.357. The van der Waals surface area contributed by atoms with Crippen LogP contribution in [0.1, 0.15) is 12.8 Å². The fourth-order valence-corrected chi connectivity index (χ4v) is 2.89. The second kappa shape index (κ2) is 5.75. The Morgan fingerprint density at radius 1 is 1.21 bits per heavy atom. The molecule has 1 aliphatic rings. The lowest BCUT2D eigenvalue weighted by molar-refractivity contribution is 0.478. The summed E-state index contributed by atoms with van der Waals surface area (Å²) >= 11 is 3.56. The third-order valence-electron chi connectivity index (χ3n) is 3.43. The summed E-state index contributed by atoms with van der Waals surface area (Å²) in [5.74, 6) is 0.928. The molecule has 0 atom stereocenters. The molecule has 4 nitrogen and oxygen atoms in total. The molecule has 1 aliphatic heterocycles. The van der Waals surface area contributed by atoms with Crippen molar-refractivity contribution >= 4 is 21.7 Å². The minimum Gasteiger partial charge on any atom is -0.366 e.